The average Bonchev–Trinajstić information content (AvgIpc) is 2.35. The van der Waals surface area contributed by atoms with Crippen LogP contribution in [-0.2, 0) is 4.79 Å². The molecule has 0 spiro atoms. The summed E-state index contributed by atoms with van der Waals surface area (Å²) in [5.74, 6) is -2.38. The minimum atomic E-state index is -5.27. The fraction of sp³-hybridized carbons (Fsp3) is 0.222. The smallest absolute Gasteiger partial charge is 0.306 e. The fourth-order valence-electron chi connectivity index (χ4n) is 1.36. The van der Waals surface area contributed by atoms with E-state index in [4.69, 9.17) is 11.6 Å². The first-order chi connectivity index (χ1) is 9.46. The first kappa shape index (κ1) is 16.6. The Morgan fingerprint density at radius 1 is 1.24 bits per heavy atom. The van der Waals surface area contributed by atoms with Gasteiger partial charge < -0.3 is 4.90 Å². The van der Waals surface area contributed by atoms with E-state index >= 15 is 0 Å². The Labute approximate surface area is 119 Å². The van der Waals surface area contributed by atoms with E-state index in [0.29, 0.717) is 19.2 Å². The standard InChI is InChI=1S/C9H5ClF3N3O5/c1-14(8(17)9(11,12)13)5-2-4(15(18)19)3-6(7(5)10)16(20)21/h2-3H,1H3. The van der Waals surface area contributed by atoms with Gasteiger partial charge >= 0.3 is 12.1 Å². The summed E-state index contributed by atoms with van der Waals surface area (Å²) in [7, 11) is 0.643. The van der Waals surface area contributed by atoms with E-state index in [1.165, 1.54) is 0 Å². The summed E-state index contributed by atoms with van der Waals surface area (Å²) >= 11 is 5.54. The summed E-state index contributed by atoms with van der Waals surface area (Å²) < 4.78 is 37.0. The zero-order chi connectivity index (χ0) is 16.5. The molecule has 1 amide bonds. The lowest BCUT2D eigenvalue weighted by molar-refractivity contribution is -0.394. The minimum Gasteiger partial charge on any atom is -0.306 e. The zero-order valence-corrected chi connectivity index (χ0v) is 10.8. The van der Waals surface area contributed by atoms with E-state index in [1.807, 2.05) is 0 Å². The highest BCUT2D eigenvalue weighted by Crippen LogP contribution is 2.39. The maximum atomic E-state index is 12.3. The van der Waals surface area contributed by atoms with Gasteiger partial charge in [0.05, 0.1) is 21.6 Å². The van der Waals surface area contributed by atoms with Crippen molar-refractivity contribution in [2.24, 2.45) is 0 Å². The highest BCUT2D eigenvalue weighted by molar-refractivity contribution is 6.36. The van der Waals surface area contributed by atoms with Crippen LogP contribution < -0.4 is 4.90 Å². The number of halogens is 4. The highest BCUT2D eigenvalue weighted by Gasteiger charge is 2.43. The number of nitro groups is 2. The van der Waals surface area contributed by atoms with Gasteiger partial charge in [-0.05, 0) is 0 Å². The largest absolute Gasteiger partial charge is 0.471 e. The Kier molecular flexibility index (Phi) is 4.37. The zero-order valence-electron chi connectivity index (χ0n) is 10.0. The van der Waals surface area contributed by atoms with Crippen molar-refractivity contribution in [3.63, 3.8) is 0 Å². The Morgan fingerprint density at radius 3 is 2.14 bits per heavy atom. The van der Waals surface area contributed by atoms with Crippen molar-refractivity contribution in [3.8, 4) is 0 Å². The lowest BCUT2D eigenvalue weighted by atomic mass is 10.2. The first-order valence-electron chi connectivity index (χ1n) is 4.94. The number of benzene rings is 1. The number of nitro benzene ring substituents is 2. The SMILES string of the molecule is CN(C(=O)C(F)(F)F)c1cc([N+](=O)[O-])cc([N+](=O)[O-])c1Cl. The van der Waals surface area contributed by atoms with E-state index < -0.39 is 44.0 Å². The third-order valence-corrected chi connectivity index (χ3v) is 2.72. The molecule has 1 aromatic carbocycles. The van der Waals surface area contributed by atoms with Crippen molar-refractivity contribution in [3.05, 3.63) is 37.4 Å². The molecule has 0 N–H and O–H groups in total. The van der Waals surface area contributed by atoms with Crippen molar-refractivity contribution in [1.82, 2.24) is 0 Å². The third kappa shape index (κ3) is 3.37. The van der Waals surface area contributed by atoms with Gasteiger partial charge in [0.2, 0.25) is 0 Å². The van der Waals surface area contributed by atoms with Gasteiger partial charge in [-0.1, -0.05) is 11.6 Å². The molecule has 0 fully saturated rings. The molecule has 0 unspecified atom stereocenters. The van der Waals surface area contributed by atoms with Crippen LogP contribution in [-0.4, -0.2) is 29.0 Å². The van der Waals surface area contributed by atoms with Crippen molar-refractivity contribution in [2.75, 3.05) is 11.9 Å². The second kappa shape index (κ2) is 5.52. The average molecular weight is 328 g/mol. The lowest BCUT2D eigenvalue weighted by Crippen LogP contribution is -2.38. The van der Waals surface area contributed by atoms with Gasteiger partial charge in [0.1, 0.15) is 5.02 Å². The maximum absolute atomic E-state index is 12.3. The maximum Gasteiger partial charge on any atom is 0.471 e. The van der Waals surface area contributed by atoms with Gasteiger partial charge in [-0.3, -0.25) is 25.0 Å². The van der Waals surface area contributed by atoms with Gasteiger partial charge in [0.25, 0.3) is 11.4 Å². The van der Waals surface area contributed by atoms with Crippen molar-refractivity contribution < 1.29 is 27.8 Å². The number of anilines is 1. The molecule has 0 radical (unpaired) electrons. The molecule has 12 heteroatoms. The summed E-state index contributed by atoms with van der Waals surface area (Å²) in [6.07, 6.45) is -5.27. The van der Waals surface area contributed by atoms with E-state index in [-0.39, 0.29) is 4.90 Å². The molecule has 0 aromatic heterocycles. The van der Waals surface area contributed by atoms with Crippen molar-refractivity contribution >= 4 is 34.6 Å². The van der Waals surface area contributed by atoms with Crippen molar-refractivity contribution in [2.45, 2.75) is 6.18 Å². The number of non-ortho nitro benzene ring substituents is 1. The molecular weight excluding hydrogens is 323 g/mol. The molecule has 8 nitrogen and oxygen atoms in total. The van der Waals surface area contributed by atoms with Crippen LogP contribution >= 0.6 is 11.6 Å². The van der Waals surface area contributed by atoms with Gasteiger partial charge in [-0.15, -0.1) is 0 Å². The molecule has 114 valence electrons. The molecule has 0 aliphatic rings. The Hall–Kier alpha value is -2.43. The molecule has 1 rings (SSSR count). The van der Waals surface area contributed by atoms with Gasteiger partial charge in [-0.25, -0.2) is 0 Å². The quantitative estimate of drug-likeness (QED) is 0.626. The third-order valence-electron chi connectivity index (χ3n) is 2.33. The fourth-order valence-corrected chi connectivity index (χ4v) is 1.67. The predicted molar refractivity (Wildman–Crippen MR) is 64.2 cm³/mol. The molecule has 0 atom stereocenters. The van der Waals surface area contributed by atoms with Crippen LogP contribution in [0.2, 0.25) is 5.02 Å². The predicted octanol–water partition coefficient (Wildman–Crippen LogP) is 2.68. The van der Waals surface area contributed by atoms with Crippen LogP contribution in [0.15, 0.2) is 12.1 Å². The first-order valence-corrected chi connectivity index (χ1v) is 5.31. The minimum absolute atomic E-state index is 0.0394. The number of nitrogens with zero attached hydrogens (tertiary/aromatic N) is 3. The number of carbonyl (C=O) groups excluding carboxylic acids is 1. The normalized spacial score (nSPS) is 11.1. The molecule has 21 heavy (non-hydrogen) atoms. The Balaban J connectivity index is 3.51. The number of alkyl halides is 3. The monoisotopic (exact) mass is 327 g/mol. The van der Waals surface area contributed by atoms with Crippen LogP contribution in [0.4, 0.5) is 30.2 Å². The van der Waals surface area contributed by atoms with Gasteiger partial charge in [0.15, 0.2) is 0 Å². The van der Waals surface area contributed by atoms with Crippen molar-refractivity contribution in [1.29, 1.82) is 0 Å². The molecule has 0 saturated carbocycles. The molecular formula is C9H5ClF3N3O5. The van der Waals surface area contributed by atoms with Crippen LogP contribution in [0.1, 0.15) is 0 Å². The molecule has 0 saturated heterocycles. The topological polar surface area (TPSA) is 107 Å². The summed E-state index contributed by atoms with van der Waals surface area (Å²) in [4.78, 5) is 30.2. The second-order valence-corrected chi connectivity index (χ2v) is 4.05. The summed E-state index contributed by atoms with van der Waals surface area (Å²) in [5, 5.41) is 20.5. The number of hydrogen-bond acceptors (Lipinski definition) is 5. The van der Waals surface area contributed by atoms with Crippen LogP contribution in [0, 0.1) is 20.2 Å². The number of hydrogen-bond donors (Lipinski definition) is 0. The molecule has 0 aliphatic carbocycles. The molecule has 0 aliphatic heterocycles. The van der Waals surface area contributed by atoms with Gasteiger partial charge in [-0.2, -0.15) is 13.2 Å². The lowest BCUT2D eigenvalue weighted by Gasteiger charge is -2.19. The van der Waals surface area contributed by atoms with E-state index in [2.05, 4.69) is 0 Å². The summed E-state index contributed by atoms with van der Waals surface area (Å²) in [6.45, 7) is 0. The number of carbonyl (C=O) groups is 1. The van der Waals surface area contributed by atoms with E-state index in [9.17, 15) is 38.2 Å². The molecule has 0 heterocycles. The molecule has 1 aromatic rings. The van der Waals surface area contributed by atoms with Crippen LogP contribution in [0.5, 0.6) is 0 Å². The highest BCUT2D eigenvalue weighted by atomic mass is 35.5. The number of rotatable bonds is 3. The van der Waals surface area contributed by atoms with Crippen LogP contribution in [0.25, 0.3) is 0 Å². The molecule has 0 bridgehead atoms. The summed E-state index contributed by atoms with van der Waals surface area (Å²) in [6, 6.07) is 1.02. The van der Waals surface area contributed by atoms with Crippen LogP contribution in [0.3, 0.4) is 0 Å². The second-order valence-electron chi connectivity index (χ2n) is 3.67. The number of amides is 1. The van der Waals surface area contributed by atoms with E-state index in [1.54, 1.807) is 0 Å². The Morgan fingerprint density at radius 2 is 1.76 bits per heavy atom. The summed E-state index contributed by atoms with van der Waals surface area (Å²) in [5.41, 5.74) is -2.65. The van der Waals surface area contributed by atoms with Gasteiger partial charge in [0, 0.05) is 13.1 Å². The Bertz CT molecular complexity index is 634. The van der Waals surface area contributed by atoms with E-state index in [0.717, 1.165) is 0 Å².